The van der Waals surface area contributed by atoms with Gasteiger partial charge >= 0.3 is 0 Å². The molecule has 26 heavy (non-hydrogen) atoms. The molecule has 0 N–H and O–H groups in total. The van der Waals surface area contributed by atoms with E-state index in [4.69, 9.17) is 4.74 Å². The quantitative estimate of drug-likeness (QED) is 0.725. The third kappa shape index (κ3) is 4.58. The molecular formula is C19H26N4O2S. The first-order chi connectivity index (χ1) is 12.7. The molecule has 1 saturated heterocycles. The SMILES string of the molecule is CCOc1ccc(-n2c(C)nnc2SCC(=O)N2CCCCCC2)cc1. The molecule has 1 fully saturated rings. The van der Waals surface area contributed by atoms with Crippen LogP contribution in [0.25, 0.3) is 5.69 Å². The topological polar surface area (TPSA) is 60.2 Å². The Balaban J connectivity index is 1.68. The maximum absolute atomic E-state index is 12.5. The summed E-state index contributed by atoms with van der Waals surface area (Å²) >= 11 is 1.45. The highest BCUT2D eigenvalue weighted by Crippen LogP contribution is 2.24. The molecule has 0 atom stereocenters. The third-order valence-electron chi connectivity index (χ3n) is 4.48. The van der Waals surface area contributed by atoms with Crippen LogP contribution in [0.3, 0.4) is 0 Å². The number of hydrogen-bond acceptors (Lipinski definition) is 5. The van der Waals surface area contributed by atoms with E-state index in [2.05, 4.69) is 10.2 Å². The van der Waals surface area contributed by atoms with Crippen LogP contribution in [0.5, 0.6) is 5.75 Å². The fourth-order valence-corrected chi connectivity index (χ4v) is 4.03. The maximum atomic E-state index is 12.5. The van der Waals surface area contributed by atoms with E-state index in [1.165, 1.54) is 24.6 Å². The van der Waals surface area contributed by atoms with Crippen molar-refractivity contribution in [1.82, 2.24) is 19.7 Å². The van der Waals surface area contributed by atoms with Crippen molar-refractivity contribution in [2.24, 2.45) is 0 Å². The second kappa shape index (κ2) is 9.07. The highest BCUT2D eigenvalue weighted by atomic mass is 32.2. The molecule has 0 aliphatic carbocycles. The Morgan fingerprint density at radius 2 is 1.81 bits per heavy atom. The lowest BCUT2D eigenvalue weighted by atomic mass is 10.2. The zero-order valence-electron chi connectivity index (χ0n) is 15.5. The third-order valence-corrected chi connectivity index (χ3v) is 5.40. The van der Waals surface area contributed by atoms with E-state index >= 15 is 0 Å². The van der Waals surface area contributed by atoms with Gasteiger partial charge in [0.2, 0.25) is 5.91 Å². The van der Waals surface area contributed by atoms with Crippen molar-refractivity contribution in [3.8, 4) is 11.4 Å². The van der Waals surface area contributed by atoms with E-state index in [0.717, 1.165) is 48.3 Å². The normalized spacial score (nSPS) is 14.9. The molecule has 140 valence electrons. The molecule has 3 rings (SSSR count). The smallest absolute Gasteiger partial charge is 0.233 e. The van der Waals surface area contributed by atoms with Crippen molar-refractivity contribution in [2.45, 2.75) is 44.7 Å². The fourth-order valence-electron chi connectivity index (χ4n) is 3.13. The Labute approximate surface area is 158 Å². The van der Waals surface area contributed by atoms with Crippen LogP contribution in [0, 0.1) is 6.92 Å². The van der Waals surface area contributed by atoms with E-state index in [1.54, 1.807) is 0 Å². The van der Waals surface area contributed by atoms with Gasteiger partial charge in [-0.05, 0) is 51.0 Å². The summed E-state index contributed by atoms with van der Waals surface area (Å²) in [6.07, 6.45) is 4.67. The molecule has 0 unspecified atom stereocenters. The Hall–Kier alpha value is -2.02. The molecule has 1 aromatic heterocycles. The summed E-state index contributed by atoms with van der Waals surface area (Å²) in [5.41, 5.74) is 0.973. The number of carbonyl (C=O) groups is 1. The zero-order chi connectivity index (χ0) is 18.4. The number of hydrogen-bond donors (Lipinski definition) is 0. The number of likely N-dealkylation sites (tertiary alicyclic amines) is 1. The Morgan fingerprint density at radius 1 is 1.12 bits per heavy atom. The van der Waals surface area contributed by atoms with Crippen LogP contribution in [-0.2, 0) is 4.79 Å². The van der Waals surface area contributed by atoms with Crippen molar-refractivity contribution in [2.75, 3.05) is 25.4 Å². The lowest BCUT2D eigenvalue weighted by Crippen LogP contribution is -2.33. The number of aryl methyl sites for hydroxylation is 1. The predicted octanol–water partition coefficient (Wildman–Crippen LogP) is 3.47. The first kappa shape index (κ1) is 18.8. The van der Waals surface area contributed by atoms with Gasteiger partial charge in [-0.2, -0.15) is 0 Å². The van der Waals surface area contributed by atoms with Gasteiger partial charge in [0.05, 0.1) is 12.4 Å². The van der Waals surface area contributed by atoms with Crippen LogP contribution in [0.4, 0.5) is 0 Å². The van der Waals surface area contributed by atoms with Gasteiger partial charge in [0.15, 0.2) is 5.16 Å². The summed E-state index contributed by atoms with van der Waals surface area (Å²) in [5, 5.41) is 9.20. The van der Waals surface area contributed by atoms with Gasteiger partial charge < -0.3 is 9.64 Å². The van der Waals surface area contributed by atoms with Crippen LogP contribution >= 0.6 is 11.8 Å². The van der Waals surface area contributed by atoms with E-state index in [9.17, 15) is 4.79 Å². The average Bonchev–Trinajstić information content (AvgIpc) is 2.85. The lowest BCUT2D eigenvalue weighted by Gasteiger charge is -2.19. The number of benzene rings is 1. The van der Waals surface area contributed by atoms with Crippen molar-refractivity contribution in [3.05, 3.63) is 30.1 Å². The van der Waals surface area contributed by atoms with Gasteiger partial charge in [-0.15, -0.1) is 10.2 Å². The maximum Gasteiger partial charge on any atom is 0.233 e. The van der Waals surface area contributed by atoms with Gasteiger partial charge in [-0.1, -0.05) is 24.6 Å². The molecule has 7 heteroatoms. The van der Waals surface area contributed by atoms with Crippen LogP contribution in [0.1, 0.15) is 38.4 Å². The molecule has 1 aliphatic heterocycles. The second-order valence-electron chi connectivity index (χ2n) is 6.38. The Morgan fingerprint density at radius 3 is 2.46 bits per heavy atom. The van der Waals surface area contributed by atoms with Gasteiger partial charge in [0, 0.05) is 18.8 Å². The highest BCUT2D eigenvalue weighted by molar-refractivity contribution is 7.99. The Bertz CT molecular complexity index is 722. The van der Waals surface area contributed by atoms with E-state index in [1.807, 2.05) is 47.6 Å². The summed E-state index contributed by atoms with van der Waals surface area (Å²) in [5.74, 6) is 2.23. The van der Waals surface area contributed by atoms with Crippen LogP contribution in [0.2, 0.25) is 0 Å². The minimum Gasteiger partial charge on any atom is -0.494 e. The number of nitrogens with zero attached hydrogens (tertiary/aromatic N) is 4. The van der Waals surface area contributed by atoms with Gasteiger partial charge in [0.1, 0.15) is 11.6 Å². The number of carbonyl (C=O) groups excluding carboxylic acids is 1. The summed E-state index contributed by atoms with van der Waals surface area (Å²) < 4.78 is 7.48. The number of ether oxygens (including phenoxy) is 1. The fraction of sp³-hybridized carbons (Fsp3) is 0.526. The largest absolute Gasteiger partial charge is 0.494 e. The molecule has 6 nitrogen and oxygen atoms in total. The van der Waals surface area contributed by atoms with E-state index < -0.39 is 0 Å². The number of thioether (sulfide) groups is 1. The van der Waals surface area contributed by atoms with Crippen molar-refractivity contribution in [3.63, 3.8) is 0 Å². The summed E-state index contributed by atoms with van der Waals surface area (Å²) in [6.45, 7) is 6.29. The van der Waals surface area contributed by atoms with Gasteiger partial charge in [-0.25, -0.2) is 0 Å². The molecule has 2 aromatic rings. The summed E-state index contributed by atoms with van der Waals surface area (Å²) in [7, 11) is 0. The summed E-state index contributed by atoms with van der Waals surface area (Å²) in [6, 6.07) is 7.86. The molecular weight excluding hydrogens is 348 g/mol. The van der Waals surface area contributed by atoms with Crippen LogP contribution in [-0.4, -0.2) is 51.0 Å². The summed E-state index contributed by atoms with van der Waals surface area (Å²) in [4.78, 5) is 14.5. The number of rotatable bonds is 6. The van der Waals surface area contributed by atoms with E-state index in [0.29, 0.717) is 12.4 Å². The van der Waals surface area contributed by atoms with Crippen molar-refractivity contribution >= 4 is 17.7 Å². The Kier molecular flexibility index (Phi) is 6.55. The van der Waals surface area contributed by atoms with Crippen LogP contribution in [0.15, 0.2) is 29.4 Å². The molecule has 1 aliphatic rings. The molecule has 1 amide bonds. The van der Waals surface area contributed by atoms with Crippen molar-refractivity contribution in [1.29, 1.82) is 0 Å². The predicted molar refractivity (Wildman–Crippen MR) is 103 cm³/mol. The first-order valence-electron chi connectivity index (χ1n) is 9.25. The molecule has 2 heterocycles. The standard InChI is InChI=1S/C19H26N4O2S/c1-3-25-17-10-8-16(9-11-17)23-15(2)20-21-19(23)26-14-18(24)22-12-6-4-5-7-13-22/h8-11H,3-7,12-14H2,1-2H3. The monoisotopic (exact) mass is 374 g/mol. The van der Waals surface area contributed by atoms with Gasteiger partial charge in [0.25, 0.3) is 0 Å². The first-order valence-corrected chi connectivity index (χ1v) is 10.2. The molecule has 0 spiro atoms. The second-order valence-corrected chi connectivity index (χ2v) is 7.32. The molecule has 0 radical (unpaired) electrons. The van der Waals surface area contributed by atoms with Crippen molar-refractivity contribution < 1.29 is 9.53 Å². The number of amides is 1. The molecule has 0 saturated carbocycles. The van der Waals surface area contributed by atoms with E-state index in [-0.39, 0.29) is 5.91 Å². The minimum atomic E-state index is 0.191. The minimum absolute atomic E-state index is 0.191. The van der Waals surface area contributed by atoms with Gasteiger partial charge in [-0.3, -0.25) is 9.36 Å². The lowest BCUT2D eigenvalue weighted by molar-refractivity contribution is -0.128. The number of aromatic nitrogens is 3. The average molecular weight is 375 g/mol. The zero-order valence-corrected chi connectivity index (χ0v) is 16.3. The molecule has 0 bridgehead atoms. The highest BCUT2D eigenvalue weighted by Gasteiger charge is 2.18. The molecule has 1 aromatic carbocycles. The van der Waals surface area contributed by atoms with Crippen LogP contribution < -0.4 is 4.74 Å².